The second-order valence-corrected chi connectivity index (χ2v) is 5.60. The average molecular weight is 375 g/mol. The van der Waals surface area contributed by atoms with Crippen molar-refractivity contribution in [3.63, 3.8) is 0 Å². The number of anilines is 1. The largest absolute Gasteiger partial charge is 0.495 e. The third-order valence-electron chi connectivity index (χ3n) is 2.59. The first-order valence-electron chi connectivity index (χ1n) is 5.61. The van der Waals surface area contributed by atoms with E-state index in [2.05, 4.69) is 21.2 Å². The normalized spacial score (nSPS) is 10.2. The van der Waals surface area contributed by atoms with Crippen LogP contribution in [-0.2, 0) is 0 Å². The van der Waals surface area contributed by atoms with E-state index in [0.29, 0.717) is 31.5 Å². The number of hydrogen-bond donors (Lipinski definition) is 1. The summed E-state index contributed by atoms with van der Waals surface area (Å²) in [5.41, 5.74) is 1.09. The van der Waals surface area contributed by atoms with Crippen LogP contribution >= 0.6 is 39.1 Å². The van der Waals surface area contributed by atoms with Crippen molar-refractivity contribution in [3.8, 4) is 5.75 Å². The number of carbonyl (C=O) groups excluding carboxylic acids is 1. The molecule has 0 saturated heterocycles. The minimum absolute atomic E-state index is 0.244. The number of halogens is 3. The molecule has 6 heteroatoms. The Morgan fingerprint density at radius 3 is 2.50 bits per heavy atom. The standard InChI is InChI=1S/C14H10BrCl2NO2/c1-20-13-7-9(3-5-12(13)17)18-14(19)8-2-4-11(16)10(15)6-8/h2-7H,1H3,(H,18,19). The summed E-state index contributed by atoms with van der Waals surface area (Å²) < 4.78 is 5.77. The van der Waals surface area contributed by atoms with Crippen molar-refractivity contribution in [3.05, 3.63) is 56.5 Å². The van der Waals surface area contributed by atoms with Gasteiger partial charge >= 0.3 is 0 Å². The highest BCUT2D eigenvalue weighted by Crippen LogP contribution is 2.28. The van der Waals surface area contributed by atoms with E-state index in [0.717, 1.165) is 0 Å². The molecule has 0 radical (unpaired) electrons. The van der Waals surface area contributed by atoms with Crippen molar-refractivity contribution in [2.24, 2.45) is 0 Å². The topological polar surface area (TPSA) is 38.3 Å². The third-order valence-corrected chi connectivity index (χ3v) is 4.12. The Kier molecular flexibility index (Phi) is 4.91. The summed E-state index contributed by atoms with van der Waals surface area (Å²) in [5, 5.41) is 3.80. The van der Waals surface area contributed by atoms with Crippen LogP contribution in [-0.4, -0.2) is 13.0 Å². The van der Waals surface area contributed by atoms with Gasteiger partial charge < -0.3 is 10.1 Å². The molecule has 0 aliphatic heterocycles. The van der Waals surface area contributed by atoms with Gasteiger partial charge in [0.05, 0.1) is 17.2 Å². The molecule has 1 N–H and O–H groups in total. The molecular formula is C14H10BrCl2NO2. The summed E-state index contributed by atoms with van der Waals surface area (Å²) in [5.74, 6) is 0.258. The maximum atomic E-state index is 12.1. The van der Waals surface area contributed by atoms with E-state index >= 15 is 0 Å². The number of methoxy groups -OCH3 is 1. The quantitative estimate of drug-likeness (QED) is 0.819. The molecule has 0 bridgehead atoms. The zero-order valence-corrected chi connectivity index (χ0v) is 13.5. The van der Waals surface area contributed by atoms with Crippen molar-refractivity contribution in [2.75, 3.05) is 12.4 Å². The van der Waals surface area contributed by atoms with Crippen molar-refractivity contribution < 1.29 is 9.53 Å². The van der Waals surface area contributed by atoms with E-state index in [1.807, 2.05) is 0 Å². The summed E-state index contributed by atoms with van der Waals surface area (Å²) >= 11 is 15.1. The Morgan fingerprint density at radius 1 is 1.15 bits per heavy atom. The molecule has 0 fully saturated rings. The predicted molar refractivity (Wildman–Crippen MR) is 85.1 cm³/mol. The van der Waals surface area contributed by atoms with Gasteiger partial charge in [0, 0.05) is 21.8 Å². The fraction of sp³-hybridized carbons (Fsp3) is 0.0714. The average Bonchev–Trinajstić information content (AvgIpc) is 2.43. The number of hydrogen-bond acceptors (Lipinski definition) is 2. The van der Waals surface area contributed by atoms with Crippen LogP contribution in [0.1, 0.15) is 10.4 Å². The first-order valence-corrected chi connectivity index (χ1v) is 7.16. The van der Waals surface area contributed by atoms with Gasteiger partial charge in [0.1, 0.15) is 5.75 Å². The summed E-state index contributed by atoms with van der Waals surface area (Å²) in [6, 6.07) is 9.98. The molecule has 104 valence electrons. The van der Waals surface area contributed by atoms with Crippen molar-refractivity contribution in [1.29, 1.82) is 0 Å². The van der Waals surface area contributed by atoms with Gasteiger partial charge in [0.15, 0.2) is 0 Å². The lowest BCUT2D eigenvalue weighted by molar-refractivity contribution is 0.102. The van der Waals surface area contributed by atoms with Gasteiger partial charge in [0.2, 0.25) is 0 Å². The van der Waals surface area contributed by atoms with E-state index in [4.69, 9.17) is 27.9 Å². The number of benzene rings is 2. The maximum Gasteiger partial charge on any atom is 0.255 e. The van der Waals surface area contributed by atoms with Gasteiger partial charge in [-0.3, -0.25) is 4.79 Å². The van der Waals surface area contributed by atoms with Crippen LogP contribution in [0.3, 0.4) is 0 Å². The third kappa shape index (κ3) is 3.45. The van der Waals surface area contributed by atoms with Gasteiger partial charge in [-0.2, -0.15) is 0 Å². The van der Waals surface area contributed by atoms with Crippen LogP contribution in [0.4, 0.5) is 5.69 Å². The number of carbonyl (C=O) groups is 1. The number of amides is 1. The van der Waals surface area contributed by atoms with E-state index < -0.39 is 0 Å². The van der Waals surface area contributed by atoms with E-state index in [9.17, 15) is 4.79 Å². The molecule has 0 spiro atoms. The van der Waals surface area contributed by atoms with Gasteiger partial charge in [-0.15, -0.1) is 0 Å². The van der Waals surface area contributed by atoms with Gasteiger partial charge in [-0.1, -0.05) is 23.2 Å². The van der Waals surface area contributed by atoms with Crippen molar-refractivity contribution in [1.82, 2.24) is 0 Å². The highest BCUT2D eigenvalue weighted by atomic mass is 79.9. The molecule has 20 heavy (non-hydrogen) atoms. The number of nitrogens with one attached hydrogen (secondary N) is 1. The van der Waals surface area contributed by atoms with Crippen LogP contribution in [0.15, 0.2) is 40.9 Å². The Balaban J connectivity index is 2.21. The summed E-state index contributed by atoms with van der Waals surface area (Å²) in [6.07, 6.45) is 0. The molecule has 0 aromatic heterocycles. The zero-order chi connectivity index (χ0) is 14.7. The lowest BCUT2D eigenvalue weighted by Gasteiger charge is -2.09. The molecule has 1 amide bonds. The van der Waals surface area contributed by atoms with E-state index in [1.165, 1.54) is 7.11 Å². The highest BCUT2D eigenvalue weighted by Gasteiger charge is 2.09. The lowest BCUT2D eigenvalue weighted by atomic mass is 10.2. The SMILES string of the molecule is COc1cc(NC(=O)c2ccc(Cl)c(Br)c2)ccc1Cl. The molecule has 2 aromatic rings. The van der Waals surface area contributed by atoms with Crippen molar-refractivity contribution in [2.45, 2.75) is 0 Å². The van der Waals surface area contributed by atoms with Gasteiger partial charge in [0.25, 0.3) is 5.91 Å². The molecule has 0 heterocycles. The highest BCUT2D eigenvalue weighted by molar-refractivity contribution is 9.10. The molecule has 0 saturated carbocycles. The smallest absolute Gasteiger partial charge is 0.255 e. The van der Waals surface area contributed by atoms with Crippen LogP contribution < -0.4 is 10.1 Å². The van der Waals surface area contributed by atoms with Gasteiger partial charge in [-0.25, -0.2) is 0 Å². The maximum absolute atomic E-state index is 12.1. The van der Waals surface area contributed by atoms with E-state index in [-0.39, 0.29) is 5.91 Å². The minimum Gasteiger partial charge on any atom is -0.495 e. The predicted octanol–water partition coefficient (Wildman–Crippen LogP) is 5.02. The Hall–Kier alpha value is -1.23. The van der Waals surface area contributed by atoms with Crippen LogP contribution in [0.25, 0.3) is 0 Å². The fourth-order valence-corrected chi connectivity index (χ4v) is 2.27. The molecule has 0 atom stereocenters. The minimum atomic E-state index is -0.244. The molecule has 0 aliphatic carbocycles. The Labute approximate surface area is 135 Å². The Bertz CT molecular complexity index is 662. The van der Waals surface area contributed by atoms with Crippen LogP contribution in [0.5, 0.6) is 5.75 Å². The number of rotatable bonds is 3. The molecule has 2 rings (SSSR count). The number of ether oxygens (including phenoxy) is 1. The second-order valence-electron chi connectivity index (χ2n) is 3.93. The summed E-state index contributed by atoms with van der Waals surface area (Å²) in [7, 11) is 1.52. The van der Waals surface area contributed by atoms with Crippen LogP contribution in [0, 0.1) is 0 Å². The van der Waals surface area contributed by atoms with Crippen molar-refractivity contribution >= 4 is 50.7 Å². The summed E-state index contributed by atoms with van der Waals surface area (Å²) in [4.78, 5) is 12.1. The van der Waals surface area contributed by atoms with E-state index in [1.54, 1.807) is 36.4 Å². The molecule has 3 nitrogen and oxygen atoms in total. The molecule has 0 aliphatic rings. The summed E-state index contributed by atoms with van der Waals surface area (Å²) in [6.45, 7) is 0. The van der Waals surface area contributed by atoms with Crippen LogP contribution in [0.2, 0.25) is 10.0 Å². The second kappa shape index (κ2) is 6.48. The monoisotopic (exact) mass is 373 g/mol. The lowest BCUT2D eigenvalue weighted by Crippen LogP contribution is -2.11. The molecular weight excluding hydrogens is 365 g/mol. The molecule has 0 unspecified atom stereocenters. The van der Waals surface area contributed by atoms with Gasteiger partial charge in [-0.05, 0) is 46.3 Å². The zero-order valence-electron chi connectivity index (χ0n) is 10.4. The molecule has 2 aromatic carbocycles. The fourth-order valence-electron chi connectivity index (χ4n) is 1.58. The first kappa shape index (κ1) is 15.2. The first-order chi connectivity index (χ1) is 9.51. The Morgan fingerprint density at radius 2 is 1.85 bits per heavy atom.